The predicted octanol–water partition coefficient (Wildman–Crippen LogP) is 2.41. The highest BCUT2D eigenvalue weighted by molar-refractivity contribution is 5.10. The van der Waals surface area contributed by atoms with E-state index in [1.165, 1.54) is 5.56 Å². The largest absolute Gasteiger partial charge is 0.314 e. The van der Waals surface area contributed by atoms with E-state index in [1.54, 1.807) is 0 Å². The van der Waals surface area contributed by atoms with Crippen molar-refractivity contribution in [3.8, 4) is 12.3 Å². The van der Waals surface area contributed by atoms with Crippen molar-refractivity contribution in [1.82, 2.24) is 10.3 Å². The van der Waals surface area contributed by atoms with Crippen LogP contribution < -0.4 is 5.32 Å². The second-order valence-corrected chi connectivity index (χ2v) is 3.92. The number of nitrogens with zero attached hydrogens (tertiary/aromatic N) is 1. The Morgan fingerprint density at radius 2 is 2.44 bits per heavy atom. The molecule has 0 radical (unpaired) electrons. The lowest BCUT2D eigenvalue weighted by Gasteiger charge is -2.17. The van der Waals surface area contributed by atoms with Gasteiger partial charge in [0.15, 0.2) is 0 Å². The molecular weight excluding hydrogens is 196 g/mol. The summed E-state index contributed by atoms with van der Waals surface area (Å²) < 4.78 is 0. The maximum atomic E-state index is 5.26. The molecule has 2 nitrogen and oxygen atoms in total. The minimum atomic E-state index is 0.516. The molecule has 0 bridgehead atoms. The lowest BCUT2D eigenvalue weighted by molar-refractivity contribution is 0.479. The molecule has 1 aromatic heterocycles. The van der Waals surface area contributed by atoms with Crippen LogP contribution in [-0.4, -0.2) is 17.6 Å². The van der Waals surface area contributed by atoms with Crippen LogP contribution in [0.3, 0.4) is 0 Å². The summed E-state index contributed by atoms with van der Waals surface area (Å²) in [6.07, 6.45) is 13.1. The summed E-state index contributed by atoms with van der Waals surface area (Å²) in [5, 5.41) is 3.49. The highest BCUT2D eigenvalue weighted by Gasteiger charge is 2.07. The molecule has 86 valence electrons. The lowest BCUT2D eigenvalue weighted by atomic mass is 10.0. The summed E-state index contributed by atoms with van der Waals surface area (Å²) in [5.41, 5.74) is 1.29. The molecule has 0 saturated carbocycles. The Labute approximate surface area is 98.5 Å². The van der Waals surface area contributed by atoms with E-state index in [0.29, 0.717) is 6.04 Å². The van der Waals surface area contributed by atoms with Gasteiger partial charge in [0.25, 0.3) is 0 Å². The Bertz CT molecular complexity index is 313. The molecular formula is C14H20N2. The lowest BCUT2D eigenvalue weighted by Crippen LogP contribution is -2.30. The molecule has 0 aliphatic rings. The van der Waals surface area contributed by atoms with E-state index in [0.717, 1.165) is 32.2 Å². The molecule has 0 fully saturated rings. The average Bonchev–Trinajstić information content (AvgIpc) is 2.31. The van der Waals surface area contributed by atoms with Gasteiger partial charge < -0.3 is 5.32 Å². The van der Waals surface area contributed by atoms with E-state index in [4.69, 9.17) is 6.42 Å². The number of pyridine rings is 1. The Kier molecular flexibility index (Phi) is 6.29. The molecule has 0 spiro atoms. The topological polar surface area (TPSA) is 24.9 Å². The van der Waals surface area contributed by atoms with Crippen molar-refractivity contribution in [3.63, 3.8) is 0 Å². The fourth-order valence-electron chi connectivity index (χ4n) is 1.82. The Hall–Kier alpha value is -1.33. The zero-order valence-corrected chi connectivity index (χ0v) is 9.95. The molecule has 2 heteroatoms. The molecule has 0 aliphatic heterocycles. The highest BCUT2D eigenvalue weighted by Crippen LogP contribution is 2.07. The molecule has 0 aromatic carbocycles. The van der Waals surface area contributed by atoms with Crippen LogP contribution in [0, 0.1) is 12.3 Å². The Morgan fingerprint density at radius 3 is 3.06 bits per heavy atom. The van der Waals surface area contributed by atoms with Crippen molar-refractivity contribution >= 4 is 0 Å². The van der Waals surface area contributed by atoms with Crippen LogP contribution in [0.15, 0.2) is 24.5 Å². The summed E-state index contributed by atoms with van der Waals surface area (Å²) in [6, 6.07) is 4.63. The number of terminal acetylenes is 1. The number of nitrogens with one attached hydrogen (secondary N) is 1. The third-order valence-electron chi connectivity index (χ3n) is 2.57. The molecule has 0 saturated heterocycles. The fourth-order valence-corrected chi connectivity index (χ4v) is 1.82. The van der Waals surface area contributed by atoms with Crippen LogP contribution in [0.1, 0.15) is 31.7 Å². The summed E-state index contributed by atoms with van der Waals surface area (Å²) in [7, 11) is 0. The molecule has 1 heterocycles. The Morgan fingerprint density at radius 1 is 1.56 bits per heavy atom. The van der Waals surface area contributed by atoms with E-state index in [2.05, 4.69) is 29.2 Å². The number of aromatic nitrogens is 1. The van der Waals surface area contributed by atoms with E-state index in [9.17, 15) is 0 Å². The number of rotatable bonds is 7. The second-order valence-electron chi connectivity index (χ2n) is 3.92. The third-order valence-corrected chi connectivity index (χ3v) is 2.57. The average molecular weight is 216 g/mol. The van der Waals surface area contributed by atoms with Gasteiger partial charge in [-0.15, -0.1) is 12.3 Å². The number of unbranched alkanes of at least 4 members (excludes halogenated alkanes) is 1. The van der Waals surface area contributed by atoms with E-state index < -0.39 is 0 Å². The van der Waals surface area contributed by atoms with Crippen molar-refractivity contribution in [3.05, 3.63) is 30.1 Å². The summed E-state index contributed by atoms with van der Waals surface area (Å²) in [6.45, 7) is 3.14. The first kappa shape index (κ1) is 12.7. The second kappa shape index (κ2) is 7.90. The molecule has 16 heavy (non-hydrogen) atoms. The minimum absolute atomic E-state index is 0.516. The van der Waals surface area contributed by atoms with E-state index >= 15 is 0 Å². The van der Waals surface area contributed by atoms with E-state index in [-0.39, 0.29) is 0 Å². The first-order valence-electron chi connectivity index (χ1n) is 5.92. The van der Waals surface area contributed by atoms with Crippen LogP contribution in [0.25, 0.3) is 0 Å². The first-order valence-corrected chi connectivity index (χ1v) is 5.92. The van der Waals surface area contributed by atoms with Gasteiger partial charge in [-0.25, -0.2) is 0 Å². The zero-order chi connectivity index (χ0) is 11.6. The quantitative estimate of drug-likeness (QED) is 0.559. The first-order chi connectivity index (χ1) is 7.86. The maximum Gasteiger partial charge on any atom is 0.0300 e. The van der Waals surface area contributed by atoms with Crippen LogP contribution in [-0.2, 0) is 6.42 Å². The normalized spacial score (nSPS) is 12.0. The third kappa shape index (κ3) is 4.95. The molecule has 1 atom stereocenters. The maximum absolute atomic E-state index is 5.26. The van der Waals surface area contributed by atoms with Gasteiger partial charge in [0.2, 0.25) is 0 Å². The highest BCUT2D eigenvalue weighted by atomic mass is 14.9. The minimum Gasteiger partial charge on any atom is -0.314 e. The molecule has 0 aliphatic carbocycles. The number of likely N-dealkylation sites (N-methyl/N-ethyl adjacent to an activating group) is 1. The fraction of sp³-hybridized carbons (Fsp3) is 0.500. The monoisotopic (exact) mass is 216 g/mol. The van der Waals surface area contributed by atoms with Gasteiger partial charge in [0.1, 0.15) is 0 Å². The zero-order valence-electron chi connectivity index (χ0n) is 9.95. The number of hydrogen-bond acceptors (Lipinski definition) is 2. The summed E-state index contributed by atoms with van der Waals surface area (Å²) in [5.74, 6) is 2.69. The van der Waals surface area contributed by atoms with Gasteiger partial charge in [0, 0.05) is 24.9 Å². The molecule has 1 aromatic rings. The van der Waals surface area contributed by atoms with Crippen molar-refractivity contribution in [2.45, 2.75) is 38.6 Å². The van der Waals surface area contributed by atoms with Crippen molar-refractivity contribution in [2.75, 3.05) is 6.54 Å². The molecule has 0 amide bonds. The van der Waals surface area contributed by atoms with Gasteiger partial charge >= 0.3 is 0 Å². The van der Waals surface area contributed by atoms with Crippen molar-refractivity contribution in [1.29, 1.82) is 0 Å². The predicted molar refractivity (Wildman–Crippen MR) is 68.1 cm³/mol. The van der Waals surface area contributed by atoms with E-state index in [1.807, 2.05) is 18.5 Å². The van der Waals surface area contributed by atoms with Gasteiger partial charge in [-0.2, -0.15) is 0 Å². The summed E-state index contributed by atoms with van der Waals surface area (Å²) >= 11 is 0. The van der Waals surface area contributed by atoms with Gasteiger partial charge in [-0.05, 0) is 37.4 Å². The number of hydrogen-bond donors (Lipinski definition) is 1. The van der Waals surface area contributed by atoms with Gasteiger partial charge in [0.05, 0.1) is 0 Å². The van der Waals surface area contributed by atoms with Crippen LogP contribution in [0.4, 0.5) is 0 Å². The standard InChI is InChI=1S/C14H20N2/c1-3-5-6-9-14(16-4-2)11-13-8-7-10-15-12-13/h1,7-8,10,12,14,16H,4-6,9,11H2,2H3. The van der Waals surface area contributed by atoms with Crippen molar-refractivity contribution < 1.29 is 0 Å². The van der Waals surface area contributed by atoms with Crippen molar-refractivity contribution in [2.24, 2.45) is 0 Å². The summed E-state index contributed by atoms with van der Waals surface area (Å²) in [4.78, 5) is 4.13. The molecule has 1 rings (SSSR count). The van der Waals surface area contributed by atoms with Crippen LogP contribution in [0.5, 0.6) is 0 Å². The van der Waals surface area contributed by atoms with Gasteiger partial charge in [-0.3, -0.25) is 4.98 Å². The molecule has 1 N–H and O–H groups in total. The van der Waals surface area contributed by atoms with Gasteiger partial charge in [-0.1, -0.05) is 13.0 Å². The van der Waals surface area contributed by atoms with Crippen LogP contribution in [0.2, 0.25) is 0 Å². The SMILES string of the molecule is C#CCCCC(Cc1cccnc1)NCC. The smallest absolute Gasteiger partial charge is 0.0300 e. The molecule has 1 unspecified atom stereocenters. The van der Waals surface area contributed by atoms with Crippen LogP contribution >= 0.6 is 0 Å². The Balaban J connectivity index is 2.41.